The van der Waals surface area contributed by atoms with Crippen LogP contribution in [0, 0.1) is 11.3 Å². The minimum Gasteiger partial charge on any atom is -0.303 e. The van der Waals surface area contributed by atoms with Crippen LogP contribution in [0.5, 0.6) is 0 Å². The normalized spacial score (nSPS) is 25.2. The number of rotatable bonds is 7. The van der Waals surface area contributed by atoms with Crippen LogP contribution < -0.4 is 0 Å². The molecule has 0 bridgehead atoms. The highest BCUT2D eigenvalue weighted by Gasteiger charge is 2.45. The molecule has 0 N–H and O–H groups in total. The number of hydrogen-bond donors (Lipinski definition) is 0. The molecule has 1 aromatic rings. The third-order valence-corrected chi connectivity index (χ3v) is 3.13. The van der Waals surface area contributed by atoms with E-state index in [9.17, 15) is 10.1 Å². The van der Waals surface area contributed by atoms with Crippen LogP contribution in [0.25, 0.3) is 0 Å². The van der Waals surface area contributed by atoms with Gasteiger partial charge in [0.25, 0.3) is 0 Å². The third-order valence-electron chi connectivity index (χ3n) is 3.13. The molecule has 1 aromatic carbocycles. The first-order valence-electron chi connectivity index (χ1n) is 6.73. The first-order chi connectivity index (χ1) is 9.80. The molecule has 1 aliphatic heterocycles. The molecule has 1 heterocycles. The highest BCUT2D eigenvalue weighted by Crippen LogP contribution is 2.35. The highest BCUT2D eigenvalue weighted by molar-refractivity contribution is 5.48. The maximum atomic E-state index is 10.2. The van der Waals surface area contributed by atoms with Crippen LogP contribution in [0.2, 0.25) is 0 Å². The summed E-state index contributed by atoms with van der Waals surface area (Å²) in [4.78, 5) is 20.4. The third kappa shape index (κ3) is 3.42. The minimum absolute atomic E-state index is 0.550. The monoisotopic (exact) mass is 275 g/mol. The van der Waals surface area contributed by atoms with Crippen LogP contribution in [-0.2, 0) is 25.1 Å². The molecular weight excluding hydrogens is 258 g/mol. The second-order valence-corrected chi connectivity index (χ2v) is 4.63. The Hall–Kier alpha value is -1.74. The molecule has 1 aliphatic rings. The fraction of sp³-hybridized carbons (Fsp3) is 0.467. The van der Waals surface area contributed by atoms with Crippen molar-refractivity contribution in [2.24, 2.45) is 0 Å². The molecule has 106 valence electrons. The van der Waals surface area contributed by atoms with E-state index in [2.05, 4.69) is 0 Å². The molecular formula is C15H17NO4. The number of benzene rings is 1. The van der Waals surface area contributed by atoms with Gasteiger partial charge in [-0.2, -0.15) is 15.0 Å². The number of carbonyl (C=O) groups excluding carboxylic acids is 1. The Morgan fingerprint density at radius 3 is 2.75 bits per heavy atom. The molecule has 2 atom stereocenters. The summed E-state index contributed by atoms with van der Waals surface area (Å²) >= 11 is 0. The average Bonchev–Trinajstić information content (AvgIpc) is 2.93. The van der Waals surface area contributed by atoms with E-state index in [1.807, 2.05) is 24.3 Å². The summed E-state index contributed by atoms with van der Waals surface area (Å²) in [7, 11) is 0. The SMILES string of the molecule is N#C[C@]1(c2ccccc2)OO[C@@H](CCCCCC=O)O1. The Labute approximate surface area is 118 Å². The van der Waals surface area contributed by atoms with Gasteiger partial charge in [0.15, 0.2) is 6.29 Å². The van der Waals surface area contributed by atoms with Gasteiger partial charge in [-0.3, -0.25) is 4.74 Å². The Kier molecular flexibility index (Phi) is 5.24. The molecule has 0 saturated carbocycles. The molecule has 1 saturated heterocycles. The van der Waals surface area contributed by atoms with Crippen molar-refractivity contribution >= 4 is 6.29 Å². The Bertz CT molecular complexity index is 471. The molecule has 0 aliphatic carbocycles. The van der Waals surface area contributed by atoms with Crippen LogP contribution in [0.4, 0.5) is 0 Å². The minimum atomic E-state index is -1.48. The molecule has 0 radical (unpaired) electrons. The fourth-order valence-electron chi connectivity index (χ4n) is 2.05. The van der Waals surface area contributed by atoms with Gasteiger partial charge in [0.1, 0.15) is 12.4 Å². The van der Waals surface area contributed by atoms with E-state index in [4.69, 9.17) is 14.5 Å². The fourth-order valence-corrected chi connectivity index (χ4v) is 2.05. The van der Waals surface area contributed by atoms with E-state index in [1.54, 1.807) is 12.1 Å². The van der Waals surface area contributed by atoms with E-state index in [0.717, 1.165) is 25.5 Å². The van der Waals surface area contributed by atoms with Gasteiger partial charge in [-0.25, -0.2) is 0 Å². The van der Waals surface area contributed by atoms with Gasteiger partial charge in [0.2, 0.25) is 0 Å². The van der Waals surface area contributed by atoms with Gasteiger partial charge < -0.3 is 4.79 Å². The molecule has 0 aromatic heterocycles. The predicted octanol–water partition coefficient (Wildman–Crippen LogP) is 2.82. The summed E-state index contributed by atoms with van der Waals surface area (Å²) in [5.74, 6) is -1.48. The topological polar surface area (TPSA) is 68.5 Å². The van der Waals surface area contributed by atoms with Crippen LogP contribution in [0.1, 0.15) is 37.7 Å². The summed E-state index contributed by atoms with van der Waals surface area (Å²) in [5.41, 5.74) is 0.617. The van der Waals surface area contributed by atoms with E-state index in [1.165, 1.54) is 0 Å². The number of ether oxygens (including phenoxy) is 1. The van der Waals surface area contributed by atoms with Crippen molar-refractivity contribution in [1.82, 2.24) is 0 Å². The molecule has 0 unspecified atom stereocenters. The lowest BCUT2D eigenvalue weighted by Gasteiger charge is -2.16. The summed E-state index contributed by atoms with van der Waals surface area (Å²) in [6.07, 6.45) is 4.22. The molecule has 2 rings (SSSR count). The Morgan fingerprint density at radius 2 is 2.05 bits per heavy atom. The second kappa shape index (κ2) is 7.15. The number of nitrogens with zero attached hydrogens (tertiary/aromatic N) is 1. The smallest absolute Gasteiger partial charge is 0.303 e. The summed E-state index contributed by atoms with van der Waals surface area (Å²) < 4.78 is 5.62. The lowest BCUT2D eigenvalue weighted by Crippen LogP contribution is -2.25. The molecule has 5 heteroatoms. The van der Waals surface area contributed by atoms with E-state index < -0.39 is 12.1 Å². The lowest BCUT2D eigenvalue weighted by molar-refractivity contribution is -0.319. The second-order valence-electron chi connectivity index (χ2n) is 4.63. The van der Waals surface area contributed by atoms with Crippen LogP contribution in [0.15, 0.2) is 30.3 Å². The largest absolute Gasteiger partial charge is 0.318 e. The first-order valence-corrected chi connectivity index (χ1v) is 6.73. The molecule has 5 nitrogen and oxygen atoms in total. The van der Waals surface area contributed by atoms with E-state index >= 15 is 0 Å². The zero-order chi connectivity index (χ0) is 14.3. The average molecular weight is 275 g/mol. The summed E-state index contributed by atoms with van der Waals surface area (Å²) in [6, 6.07) is 11.0. The molecule has 0 spiro atoms. The first kappa shape index (κ1) is 14.7. The standard InChI is InChI=1S/C15H17NO4/c16-12-15(13-8-4-3-5-9-13)18-14(19-20-15)10-6-1-2-7-11-17/h3-5,8-9,11,14H,1-2,6-7,10H2/t14-,15+/m0/s1. The van der Waals surface area contributed by atoms with Crippen LogP contribution >= 0.6 is 0 Å². The zero-order valence-electron chi connectivity index (χ0n) is 11.2. The maximum Gasteiger partial charge on any atom is 0.318 e. The van der Waals surface area contributed by atoms with Crippen molar-refractivity contribution in [1.29, 1.82) is 5.26 Å². The maximum absolute atomic E-state index is 10.2. The zero-order valence-corrected chi connectivity index (χ0v) is 11.2. The lowest BCUT2D eigenvalue weighted by atomic mass is 10.1. The van der Waals surface area contributed by atoms with Crippen molar-refractivity contribution in [3.8, 4) is 6.07 Å². The van der Waals surface area contributed by atoms with Gasteiger partial charge in [-0.15, -0.1) is 0 Å². The number of unbranched alkanes of at least 4 members (excludes halogenated alkanes) is 3. The summed E-state index contributed by atoms with van der Waals surface area (Å²) in [5, 5.41) is 9.31. The van der Waals surface area contributed by atoms with Gasteiger partial charge in [0.05, 0.1) is 0 Å². The van der Waals surface area contributed by atoms with Gasteiger partial charge >= 0.3 is 5.79 Å². The number of aldehydes is 1. The van der Waals surface area contributed by atoms with Crippen molar-refractivity contribution in [3.63, 3.8) is 0 Å². The number of carbonyl (C=O) groups is 1. The van der Waals surface area contributed by atoms with E-state index in [-0.39, 0.29) is 0 Å². The molecule has 0 amide bonds. The highest BCUT2D eigenvalue weighted by atomic mass is 17.3. The van der Waals surface area contributed by atoms with Crippen LogP contribution in [0.3, 0.4) is 0 Å². The van der Waals surface area contributed by atoms with Gasteiger partial charge in [-0.05, 0) is 12.8 Å². The van der Waals surface area contributed by atoms with Crippen molar-refractivity contribution < 1.29 is 19.3 Å². The van der Waals surface area contributed by atoms with Crippen molar-refractivity contribution in [2.45, 2.75) is 44.2 Å². The Morgan fingerprint density at radius 1 is 1.25 bits per heavy atom. The van der Waals surface area contributed by atoms with Crippen molar-refractivity contribution in [2.75, 3.05) is 0 Å². The van der Waals surface area contributed by atoms with Gasteiger partial charge in [0, 0.05) is 18.4 Å². The van der Waals surface area contributed by atoms with Crippen molar-refractivity contribution in [3.05, 3.63) is 35.9 Å². The number of hydrogen-bond acceptors (Lipinski definition) is 5. The quantitative estimate of drug-likeness (QED) is 0.435. The summed E-state index contributed by atoms with van der Waals surface area (Å²) in [6.45, 7) is 0. The molecule has 1 fully saturated rings. The molecule has 20 heavy (non-hydrogen) atoms. The number of nitriles is 1. The van der Waals surface area contributed by atoms with Crippen LogP contribution in [-0.4, -0.2) is 12.6 Å². The Balaban J connectivity index is 1.87. The van der Waals surface area contributed by atoms with Gasteiger partial charge in [-0.1, -0.05) is 36.8 Å². The predicted molar refractivity (Wildman–Crippen MR) is 69.9 cm³/mol. The van der Waals surface area contributed by atoms with E-state index in [0.29, 0.717) is 18.4 Å².